The zero-order chi connectivity index (χ0) is 25.2. The van der Waals surface area contributed by atoms with Crippen LogP contribution in [0, 0.1) is 10.1 Å². The van der Waals surface area contributed by atoms with Crippen LogP contribution in [0.2, 0.25) is 0 Å². The Kier molecular flexibility index (Phi) is 6.11. The first-order valence-electron chi connectivity index (χ1n) is 11.5. The molecule has 0 bridgehead atoms. The van der Waals surface area contributed by atoms with E-state index in [1.807, 2.05) is 36.4 Å². The van der Waals surface area contributed by atoms with Crippen molar-refractivity contribution in [2.75, 3.05) is 37.6 Å². The molecule has 0 atom stereocenters. The monoisotopic (exact) mass is 486 g/mol. The quantitative estimate of drug-likeness (QED) is 0.295. The van der Waals surface area contributed by atoms with E-state index in [1.165, 1.54) is 24.5 Å². The molecule has 0 saturated carbocycles. The fraction of sp³-hybridized carbons (Fsp3) is 0.240. The van der Waals surface area contributed by atoms with Crippen molar-refractivity contribution >= 4 is 29.2 Å². The highest BCUT2D eigenvalue weighted by Crippen LogP contribution is 2.31. The van der Waals surface area contributed by atoms with E-state index < -0.39 is 22.4 Å². The van der Waals surface area contributed by atoms with Crippen LogP contribution in [0.1, 0.15) is 27.1 Å². The summed E-state index contributed by atoms with van der Waals surface area (Å²) in [4.78, 5) is 62.2. The van der Waals surface area contributed by atoms with E-state index in [9.17, 15) is 24.5 Å². The molecule has 5 rings (SSSR count). The summed E-state index contributed by atoms with van der Waals surface area (Å²) < 4.78 is 0. The number of nitrogens with zero attached hydrogens (tertiary/aromatic N) is 6. The van der Waals surface area contributed by atoms with Crippen molar-refractivity contribution in [3.8, 4) is 11.3 Å². The van der Waals surface area contributed by atoms with E-state index in [0.717, 1.165) is 22.0 Å². The molecule has 0 spiro atoms. The van der Waals surface area contributed by atoms with Gasteiger partial charge in [0.1, 0.15) is 17.7 Å². The highest BCUT2D eigenvalue weighted by atomic mass is 16.6. The van der Waals surface area contributed by atoms with Gasteiger partial charge in [-0.1, -0.05) is 36.4 Å². The molecule has 1 saturated heterocycles. The average Bonchev–Trinajstić information content (AvgIpc) is 3.17. The van der Waals surface area contributed by atoms with Gasteiger partial charge in [0, 0.05) is 56.8 Å². The minimum absolute atomic E-state index is 0.00464. The van der Waals surface area contributed by atoms with Crippen molar-refractivity contribution in [3.05, 3.63) is 82.2 Å². The smallest absolute Gasteiger partial charge is 0.282 e. The van der Waals surface area contributed by atoms with Crippen LogP contribution in [0.3, 0.4) is 0 Å². The van der Waals surface area contributed by atoms with Crippen LogP contribution in [0.15, 0.2) is 60.9 Å². The van der Waals surface area contributed by atoms with Gasteiger partial charge in [0.15, 0.2) is 0 Å². The van der Waals surface area contributed by atoms with Crippen molar-refractivity contribution in [2.45, 2.75) is 6.42 Å². The van der Waals surface area contributed by atoms with Gasteiger partial charge in [-0.15, -0.1) is 0 Å². The van der Waals surface area contributed by atoms with Gasteiger partial charge >= 0.3 is 0 Å². The van der Waals surface area contributed by atoms with E-state index in [2.05, 4.69) is 14.9 Å². The molecule has 1 fully saturated rings. The summed E-state index contributed by atoms with van der Waals surface area (Å²) in [5, 5.41) is 11.3. The Bertz CT molecular complexity index is 1350. The lowest BCUT2D eigenvalue weighted by molar-refractivity contribution is -0.385. The molecule has 0 unspecified atom stereocenters. The number of nitro benzene ring substituents is 1. The summed E-state index contributed by atoms with van der Waals surface area (Å²) >= 11 is 0. The predicted octanol–water partition coefficient (Wildman–Crippen LogP) is 2.39. The lowest BCUT2D eigenvalue weighted by Crippen LogP contribution is -2.49. The van der Waals surface area contributed by atoms with Crippen LogP contribution < -0.4 is 4.90 Å². The molecule has 1 aromatic heterocycles. The second-order valence-electron chi connectivity index (χ2n) is 8.46. The molecule has 2 aromatic carbocycles. The zero-order valence-electron chi connectivity index (χ0n) is 19.2. The third-order valence-electron chi connectivity index (χ3n) is 6.40. The van der Waals surface area contributed by atoms with E-state index in [4.69, 9.17) is 0 Å². The van der Waals surface area contributed by atoms with Gasteiger partial charge in [0.25, 0.3) is 17.5 Å². The van der Waals surface area contributed by atoms with Crippen LogP contribution >= 0.6 is 0 Å². The zero-order valence-corrected chi connectivity index (χ0v) is 19.2. The largest absolute Gasteiger partial charge is 0.353 e. The topological polar surface area (TPSA) is 130 Å². The van der Waals surface area contributed by atoms with Crippen LogP contribution in [-0.2, 0) is 4.79 Å². The summed E-state index contributed by atoms with van der Waals surface area (Å²) in [6.07, 6.45) is 1.48. The number of benzene rings is 2. The van der Waals surface area contributed by atoms with Gasteiger partial charge in [-0.05, 0) is 6.07 Å². The number of nitro groups is 1. The normalized spacial score (nSPS) is 15.3. The maximum Gasteiger partial charge on any atom is 0.282 e. The number of aromatic nitrogens is 2. The first-order valence-corrected chi connectivity index (χ1v) is 11.5. The number of rotatable bonds is 6. The van der Waals surface area contributed by atoms with E-state index in [0.29, 0.717) is 26.2 Å². The average molecular weight is 486 g/mol. The number of fused-ring (bicyclic) bond motifs is 1. The number of amides is 3. The second kappa shape index (κ2) is 9.53. The summed E-state index contributed by atoms with van der Waals surface area (Å²) in [6.45, 7) is 1.97. The number of anilines is 1. The van der Waals surface area contributed by atoms with Crippen LogP contribution in [-0.4, -0.2) is 75.1 Å². The number of hydrogen-bond acceptors (Lipinski definition) is 8. The van der Waals surface area contributed by atoms with E-state index in [1.54, 1.807) is 4.90 Å². The van der Waals surface area contributed by atoms with Gasteiger partial charge in [-0.2, -0.15) is 0 Å². The number of carbonyl (C=O) groups excluding carboxylic acids is 3. The van der Waals surface area contributed by atoms with Crippen molar-refractivity contribution in [2.24, 2.45) is 0 Å². The van der Waals surface area contributed by atoms with Crippen LogP contribution in [0.5, 0.6) is 0 Å². The molecule has 3 aromatic rings. The number of piperazine rings is 1. The van der Waals surface area contributed by atoms with Crippen molar-refractivity contribution in [1.82, 2.24) is 19.8 Å². The summed E-state index contributed by atoms with van der Waals surface area (Å²) in [5.74, 6) is -0.760. The van der Waals surface area contributed by atoms with Crippen LogP contribution in [0.4, 0.5) is 11.5 Å². The van der Waals surface area contributed by atoms with E-state index >= 15 is 0 Å². The summed E-state index contributed by atoms with van der Waals surface area (Å²) in [5.41, 5.74) is 1.19. The molecule has 3 amide bonds. The molecule has 36 heavy (non-hydrogen) atoms. The molecule has 11 heteroatoms. The van der Waals surface area contributed by atoms with Crippen molar-refractivity contribution < 1.29 is 19.3 Å². The Balaban J connectivity index is 1.18. The SMILES string of the molecule is O=C(CCN1C(=O)c2cccc([N+](=O)[O-])c2C1=O)N1CCN(c2cc(-c3ccccc3)ncn2)CC1. The Morgan fingerprint density at radius 1 is 0.944 bits per heavy atom. The standard InChI is InChI=1S/C25H22N6O5/c32-22(9-10-30-24(33)18-7-4-8-20(31(35)36)23(18)25(30)34)29-13-11-28(12-14-29)21-15-19(26-16-27-21)17-5-2-1-3-6-17/h1-8,15-16H,9-14H2. The summed E-state index contributed by atoms with van der Waals surface area (Å²) in [6, 6.07) is 15.7. The maximum atomic E-state index is 12.8. The van der Waals surface area contributed by atoms with Gasteiger partial charge in [0.05, 0.1) is 16.2 Å². The van der Waals surface area contributed by atoms with E-state index in [-0.39, 0.29) is 30.0 Å². The molecule has 11 nitrogen and oxygen atoms in total. The maximum absolute atomic E-state index is 12.8. The third kappa shape index (κ3) is 4.26. The highest BCUT2D eigenvalue weighted by molar-refractivity contribution is 6.23. The van der Waals surface area contributed by atoms with Crippen molar-refractivity contribution in [1.29, 1.82) is 0 Å². The minimum Gasteiger partial charge on any atom is -0.353 e. The highest BCUT2D eigenvalue weighted by Gasteiger charge is 2.41. The molecule has 182 valence electrons. The Morgan fingerprint density at radius 2 is 1.69 bits per heavy atom. The van der Waals surface area contributed by atoms with Crippen LogP contribution in [0.25, 0.3) is 11.3 Å². The molecule has 0 aliphatic carbocycles. The molecule has 2 aliphatic rings. The number of imide groups is 1. The lowest BCUT2D eigenvalue weighted by atomic mass is 10.1. The molecular formula is C25H22N6O5. The van der Waals surface area contributed by atoms with Gasteiger partial charge in [-0.3, -0.25) is 29.4 Å². The fourth-order valence-electron chi connectivity index (χ4n) is 4.51. The Labute approximate surface area is 206 Å². The second-order valence-corrected chi connectivity index (χ2v) is 8.46. The first-order chi connectivity index (χ1) is 17.4. The molecular weight excluding hydrogens is 464 g/mol. The number of hydrogen-bond donors (Lipinski definition) is 0. The number of carbonyl (C=O) groups is 3. The molecule has 0 N–H and O–H groups in total. The molecule has 3 heterocycles. The molecule has 2 aliphatic heterocycles. The summed E-state index contributed by atoms with van der Waals surface area (Å²) in [7, 11) is 0. The van der Waals surface area contributed by atoms with Gasteiger partial charge in [0.2, 0.25) is 5.91 Å². The van der Waals surface area contributed by atoms with Crippen molar-refractivity contribution in [3.63, 3.8) is 0 Å². The van der Waals surface area contributed by atoms with Gasteiger partial charge in [-0.25, -0.2) is 9.97 Å². The minimum atomic E-state index is -0.738. The van der Waals surface area contributed by atoms with Gasteiger partial charge < -0.3 is 9.80 Å². The Morgan fingerprint density at radius 3 is 2.42 bits per heavy atom. The fourth-order valence-corrected chi connectivity index (χ4v) is 4.51. The predicted molar refractivity (Wildman–Crippen MR) is 129 cm³/mol. The molecule has 0 radical (unpaired) electrons. The Hall–Kier alpha value is -4.67. The third-order valence-corrected chi connectivity index (χ3v) is 6.40. The lowest BCUT2D eigenvalue weighted by Gasteiger charge is -2.35. The first kappa shape index (κ1) is 23.1.